The van der Waals surface area contributed by atoms with Crippen molar-refractivity contribution in [2.75, 3.05) is 20.7 Å². The van der Waals surface area contributed by atoms with Gasteiger partial charge < -0.3 is 19.6 Å². The highest BCUT2D eigenvalue weighted by atomic mass is 16.5. The second kappa shape index (κ2) is 8.20. The van der Waals surface area contributed by atoms with E-state index in [0.29, 0.717) is 25.9 Å². The van der Waals surface area contributed by atoms with E-state index in [1.165, 1.54) is 4.90 Å². The van der Waals surface area contributed by atoms with Crippen LogP contribution in [0.3, 0.4) is 0 Å². The number of hydrogen-bond acceptors (Lipinski definition) is 4. The van der Waals surface area contributed by atoms with Crippen LogP contribution in [0.2, 0.25) is 0 Å². The molecule has 1 saturated carbocycles. The second-order valence-corrected chi connectivity index (χ2v) is 7.82. The van der Waals surface area contributed by atoms with Gasteiger partial charge in [0.2, 0.25) is 11.8 Å². The minimum absolute atomic E-state index is 0.0735. The molecule has 1 unspecified atom stereocenters. The Balaban J connectivity index is 1.67. The lowest BCUT2D eigenvalue weighted by Gasteiger charge is -2.41. The summed E-state index contributed by atoms with van der Waals surface area (Å²) in [5.41, 5.74) is -0.174. The number of carboxylic acids is 1. The number of benzene rings is 1. The molecule has 3 rings (SSSR count). The Morgan fingerprint density at radius 2 is 1.86 bits per heavy atom. The van der Waals surface area contributed by atoms with Gasteiger partial charge in [-0.1, -0.05) is 31.4 Å². The van der Waals surface area contributed by atoms with E-state index in [-0.39, 0.29) is 18.2 Å². The lowest BCUT2D eigenvalue weighted by molar-refractivity contribution is -0.161. The average molecular weight is 388 g/mol. The van der Waals surface area contributed by atoms with Gasteiger partial charge in [0.1, 0.15) is 11.3 Å². The maximum Gasteiger partial charge on any atom is 0.329 e. The summed E-state index contributed by atoms with van der Waals surface area (Å²) in [6.45, 7) is 0.754. The molecule has 1 N–H and O–H groups in total. The summed E-state index contributed by atoms with van der Waals surface area (Å²) in [5.74, 6) is -1.00. The standard InChI is InChI=1S/C21H28N2O5/c1-22(21(20(26)27)10-4-3-5-11-21)19(25)16-12-18(24)23(14-16)13-15-6-8-17(28-2)9-7-15/h6-9,16H,3-5,10-14H2,1-2H3,(H,26,27). The number of carboxylic acid groups (broad SMARTS) is 1. The average Bonchev–Trinajstić information content (AvgIpc) is 3.08. The molecule has 1 aliphatic heterocycles. The number of rotatable bonds is 6. The van der Waals surface area contributed by atoms with Crippen LogP contribution in [0.15, 0.2) is 24.3 Å². The van der Waals surface area contributed by atoms with Crippen molar-refractivity contribution < 1.29 is 24.2 Å². The molecule has 1 heterocycles. The van der Waals surface area contributed by atoms with Gasteiger partial charge in [-0.25, -0.2) is 4.79 Å². The Morgan fingerprint density at radius 1 is 1.21 bits per heavy atom. The number of carbonyl (C=O) groups is 3. The molecule has 0 bridgehead atoms. The Kier molecular flexibility index (Phi) is 5.91. The molecule has 28 heavy (non-hydrogen) atoms. The van der Waals surface area contributed by atoms with Crippen molar-refractivity contribution in [3.05, 3.63) is 29.8 Å². The van der Waals surface area contributed by atoms with Crippen LogP contribution >= 0.6 is 0 Å². The largest absolute Gasteiger partial charge is 0.497 e. The van der Waals surface area contributed by atoms with Gasteiger partial charge >= 0.3 is 5.97 Å². The molecule has 1 atom stereocenters. The zero-order valence-corrected chi connectivity index (χ0v) is 16.5. The number of carbonyl (C=O) groups excluding carboxylic acids is 2. The van der Waals surface area contributed by atoms with Gasteiger partial charge in [-0.2, -0.15) is 0 Å². The van der Waals surface area contributed by atoms with Crippen molar-refractivity contribution in [1.29, 1.82) is 0 Å². The molecule has 1 aromatic carbocycles. The van der Waals surface area contributed by atoms with Crippen LogP contribution in [0, 0.1) is 5.92 Å². The van der Waals surface area contributed by atoms with Crippen LogP contribution in [0.1, 0.15) is 44.1 Å². The van der Waals surface area contributed by atoms with E-state index in [4.69, 9.17) is 4.74 Å². The first-order valence-electron chi connectivity index (χ1n) is 9.79. The number of likely N-dealkylation sites (N-methyl/N-ethyl adjacent to an activating group) is 1. The van der Waals surface area contributed by atoms with Gasteiger partial charge in [0, 0.05) is 26.6 Å². The van der Waals surface area contributed by atoms with Gasteiger partial charge in [0.25, 0.3) is 0 Å². The molecule has 1 aromatic rings. The zero-order chi connectivity index (χ0) is 20.3. The maximum atomic E-state index is 13.0. The minimum Gasteiger partial charge on any atom is -0.497 e. The maximum absolute atomic E-state index is 13.0. The van der Waals surface area contributed by atoms with Crippen molar-refractivity contribution in [3.63, 3.8) is 0 Å². The molecule has 7 heteroatoms. The fourth-order valence-corrected chi connectivity index (χ4v) is 4.36. The quantitative estimate of drug-likeness (QED) is 0.808. The number of amides is 2. The lowest BCUT2D eigenvalue weighted by Crippen LogP contribution is -2.57. The third kappa shape index (κ3) is 3.84. The molecule has 1 saturated heterocycles. The van der Waals surface area contributed by atoms with E-state index < -0.39 is 17.4 Å². The topological polar surface area (TPSA) is 87.2 Å². The summed E-state index contributed by atoms with van der Waals surface area (Å²) in [7, 11) is 3.18. The Morgan fingerprint density at radius 3 is 2.43 bits per heavy atom. The summed E-state index contributed by atoms with van der Waals surface area (Å²) in [5, 5.41) is 9.81. The van der Waals surface area contributed by atoms with Crippen LogP contribution < -0.4 is 4.74 Å². The molecule has 7 nitrogen and oxygen atoms in total. The number of methoxy groups -OCH3 is 1. The monoisotopic (exact) mass is 388 g/mol. The van der Waals surface area contributed by atoms with Crippen molar-refractivity contribution >= 4 is 17.8 Å². The molecule has 1 aliphatic carbocycles. The number of aliphatic carboxylic acids is 1. The lowest BCUT2D eigenvalue weighted by atomic mass is 9.80. The molecule has 0 spiro atoms. The number of ether oxygens (including phenoxy) is 1. The zero-order valence-electron chi connectivity index (χ0n) is 16.5. The van der Waals surface area contributed by atoms with Crippen LogP contribution in [-0.4, -0.2) is 58.9 Å². The fourth-order valence-electron chi connectivity index (χ4n) is 4.36. The van der Waals surface area contributed by atoms with E-state index in [9.17, 15) is 19.5 Å². The first kappa shape index (κ1) is 20.2. The van der Waals surface area contributed by atoms with E-state index in [0.717, 1.165) is 30.6 Å². The smallest absolute Gasteiger partial charge is 0.329 e. The highest BCUT2D eigenvalue weighted by molar-refractivity contribution is 5.92. The van der Waals surface area contributed by atoms with Crippen molar-refractivity contribution in [2.45, 2.75) is 50.6 Å². The molecule has 2 fully saturated rings. The third-order valence-electron chi connectivity index (χ3n) is 6.15. The van der Waals surface area contributed by atoms with Crippen molar-refractivity contribution in [3.8, 4) is 5.75 Å². The third-order valence-corrected chi connectivity index (χ3v) is 6.15. The Labute approximate surface area is 165 Å². The predicted molar refractivity (Wildman–Crippen MR) is 103 cm³/mol. The van der Waals surface area contributed by atoms with Crippen LogP contribution in [0.5, 0.6) is 5.75 Å². The number of likely N-dealkylation sites (tertiary alicyclic amines) is 1. The molecule has 0 aromatic heterocycles. The van der Waals surface area contributed by atoms with Crippen LogP contribution in [-0.2, 0) is 20.9 Å². The van der Waals surface area contributed by atoms with E-state index >= 15 is 0 Å². The van der Waals surface area contributed by atoms with Gasteiger partial charge in [-0.15, -0.1) is 0 Å². The van der Waals surface area contributed by atoms with E-state index in [1.807, 2.05) is 24.3 Å². The number of hydrogen-bond donors (Lipinski definition) is 1. The van der Waals surface area contributed by atoms with Gasteiger partial charge in [-0.3, -0.25) is 9.59 Å². The van der Waals surface area contributed by atoms with E-state index in [2.05, 4.69) is 0 Å². The molecule has 2 amide bonds. The second-order valence-electron chi connectivity index (χ2n) is 7.82. The molecule has 152 valence electrons. The van der Waals surface area contributed by atoms with Gasteiger partial charge in [0.05, 0.1) is 13.0 Å². The summed E-state index contributed by atoms with van der Waals surface area (Å²) in [6.07, 6.45) is 3.68. The first-order valence-corrected chi connectivity index (χ1v) is 9.79. The fraction of sp³-hybridized carbons (Fsp3) is 0.571. The first-order chi connectivity index (χ1) is 13.4. The molecular weight excluding hydrogens is 360 g/mol. The summed E-state index contributed by atoms with van der Waals surface area (Å²) < 4.78 is 5.14. The summed E-state index contributed by atoms with van der Waals surface area (Å²) >= 11 is 0. The summed E-state index contributed by atoms with van der Waals surface area (Å²) in [6, 6.07) is 7.47. The van der Waals surface area contributed by atoms with Crippen LogP contribution in [0.4, 0.5) is 0 Å². The molecular formula is C21H28N2O5. The minimum atomic E-state index is -1.14. The van der Waals surface area contributed by atoms with Crippen LogP contribution in [0.25, 0.3) is 0 Å². The van der Waals surface area contributed by atoms with Gasteiger partial charge in [-0.05, 0) is 30.5 Å². The highest BCUT2D eigenvalue weighted by Crippen LogP contribution is 2.35. The van der Waals surface area contributed by atoms with E-state index in [1.54, 1.807) is 19.1 Å². The normalized spacial score (nSPS) is 21.4. The van der Waals surface area contributed by atoms with Gasteiger partial charge in [0.15, 0.2) is 0 Å². The van der Waals surface area contributed by atoms with Crippen molar-refractivity contribution in [2.24, 2.45) is 5.92 Å². The summed E-state index contributed by atoms with van der Waals surface area (Å²) in [4.78, 5) is 40.5. The predicted octanol–water partition coefficient (Wildman–Crippen LogP) is 2.29. The molecule has 2 aliphatic rings. The SMILES string of the molecule is COc1ccc(CN2CC(C(=O)N(C)C3(C(=O)O)CCCCC3)CC2=O)cc1. The number of nitrogens with zero attached hydrogens (tertiary/aromatic N) is 2. The Hall–Kier alpha value is -2.57. The highest BCUT2D eigenvalue weighted by Gasteiger charge is 2.48. The van der Waals surface area contributed by atoms with Crippen molar-refractivity contribution in [1.82, 2.24) is 9.80 Å². The molecule has 0 radical (unpaired) electrons. The Bertz CT molecular complexity index is 740.